The molecule has 1 aromatic heterocycles. The van der Waals surface area contributed by atoms with Gasteiger partial charge in [-0.25, -0.2) is 22.7 Å². The predicted octanol–water partition coefficient (Wildman–Crippen LogP) is 3.59. The van der Waals surface area contributed by atoms with Gasteiger partial charge in [-0.2, -0.15) is 4.72 Å². The lowest BCUT2D eigenvalue weighted by atomic mass is 9.88. The Morgan fingerprint density at radius 1 is 1.34 bits per heavy atom. The second-order valence-corrected chi connectivity index (χ2v) is 10.5. The molecule has 0 radical (unpaired) electrons. The summed E-state index contributed by atoms with van der Waals surface area (Å²) in [6.07, 6.45) is -0.350. The van der Waals surface area contributed by atoms with Crippen molar-refractivity contribution < 1.29 is 31.2 Å². The van der Waals surface area contributed by atoms with E-state index < -0.39 is 56.7 Å². The molecule has 4 rings (SSSR count). The van der Waals surface area contributed by atoms with Crippen molar-refractivity contribution in [3.8, 4) is 5.75 Å². The van der Waals surface area contributed by atoms with Gasteiger partial charge in [-0.3, -0.25) is 0 Å². The van der Waals surface area contributed by atoms with E-state index in [2.05, 4.69) is 14.9 Å². The van der Waals surface area contributed by atoms with Crippen LogP contribution in [-0.2, 0) is 15.6 Å². The summed E-state index contributed by atoms with van der Waals surface area (Å²) < 4.78 is 78.9. The number of benzene rings is 2. The Morgan fingerprint density at radius 2 is 2.09 bits per heavy atom. The van der Waals surface area contributed by atoms with Crippen molar-refractivity contribution in [3.63, 3.8) is 0 Å². The number of fused-ring (bicyclic) bond motifs is 1. The van der Waals surface area contributed by atoms with E-state index in [1.54, 1.807) is 19.9 Å². The number of nitrogens with one attached hydrogen (secondary N) is 2. The Labute approximate surface area is 210 Å². The Bertz CT molecular complexity index is 1560. The molecular formula is C23H25ClFN3O6S. The Kier molecular flexibility index (Phi) is 5.57. The molecule has 3 N–H and O–H groups in total. The Morgan fingerprint density at radius 3 is 2.74 bits per heavy atom. The number of aromatic nitrogens is 2. The summed E-state index contributed by atoms with van der Waals surface area (Å²) in [6, 6.07) is 3.68. The van der Waals surface area contributed by atoms with Crippen molar-refractivity contribution in [1.29, 1.82) is 0 Å². The zero-order valence-corrected chi connectivity index (χ0v) is 20.6. The predicted molar refractivity (Wildman–Crippen MR) is 126 cm³/mol. The fraction of sp³-hybridized carbons (Fsp3) is 0.391. The highest BCUT2D eigenvalue weighted by Gasteiger charge is 2.39. The van der Waals surface area contributed by atoms with E-state index in [1.807, 2.05) is 0 Å². The monoisotopic (exact) mass is 528 g/mol. The van der Waals surface area contributed by atoms with Crippen molar-refractivity contribution in [3.05, 3.63) is 73.8 Å². The van der Waals surface area contributed by atoms with E-state index in [1.165, 1.54) is 13.0 Å². The summed E-state index contributed by atoms with van der Waals surface area (Å²) in [4.78, 5) is 11.2. The lowest BCUT2D eigenvalue weighted by Crippen LogP contribution is -2.35. The third kappa shape index (κ3) is 4.61. The highest BCUT2D eigenvalue weighted by atomic mass is 35.5. The fourth-order valence-corrected chi connectivity index (χ4v) is 5.93. The molecule has 12 heteroatoms. The van der Waals surface area contributed by atoms with Gasteiger partial charge in [0.15, 0.2) is 0 Å². The number of aryl methyl sites for hydroxylation is 1. The number of hydrogen-bond donors (Lipinski definition) is 3. The molecule has 35 heavy (non-hydrogen) atoms. The summed E-state index contributed by atoms with van der Waals surface area (Å²) >= 11 is 6.23. The maximum absolute atomic E-state index is 15.0. The van der Waals surface area contributed by atoms with Crippen LogP contribution >= 0.6 is 11.6 Å². The first-order chi connectivity index (χ1) is 17.6. The molecule has 0 spiro atoms. The van der Waals surface area contributed by atoms with Crippen LogP contribution in [0.15, 0.2) is 38.4 Å². The molecule has 3 atom stereocenters. The highest BCUT2D eigenvalue weighted by molar-refractivity contribution is 7.89. The van der Waals surface area contributed by atoms with Gasteiger partial charge in [0.25, 0.3) is 0 Å². The van der Waals surface area contributed by atoms with Crippen molar-refractivity contribution in [2.24, 2.45) is 0 Å². The van der Waals surface area contributed by atoms with Gasteiger partial charge in [-0.05, 0) is 55.6 Å². The van der Waals surface area contributed by atoms with Gasteiger partial charge in [0, 0.05) is 22.0 Å². The van der Waals surface area contributed by atoms with Crippen LogP contribution in [0.25, 0.3) is 0 Å². The number of nitrogens with zero attached hydrogens (tertiary/aromatic N) is 1. The topological polar surface area (TPSA) is 135 Å². The number of halogens is 2. The molecule has 0 fully saturated rings. The van der Waals surface area contributed by atoms with Gasteiger partial charge in [0.1, 0.15) is 22.5 Å². The number of aliphatic hydroxyl groups is 1. The normalized spacial score (nSPS) is 21.3. The molecule has 1 aliphatic heterocycles. The summed E-state index contributed by atoms with van der Waals surface area (Å²) in [5.74, 6) is -3.26. The van der Waals surface area contributed by atoms with Crippen LogP contribution in [0, 0.1) is 19.7 Å². The van der Waals surface area contributed by atoms with Gasteiger partial charge in [-0.15, -0.1) is 5.10 Å². The third-order valence-corrected chi connectivity index (χ3v) is 7.95. The molecule has 2 heterocycles. The van der Waals surface area contributed by atoms with Crippen LogP contribution < -0.4 is 15.2 Å². The molecule has 0 aliphatic carbocycles. The SMILES string of the molecule is [2H]C([2H])([2H])C1(O)CCOc2c(S(=O)(=O)NC(c3n[nH]c(=O)o3)C(C)c3c(F)ccc(C)c3C)ccc(Cl)c21. The van der Waals surface area contributed by atoms with Gasteiger partial charge < -0.3 is 14.3 Å². The molecule has 9 nitrogen and oxygen atoms in total. The first-order valence-corrected chi connectivity index (χ1v) is 12.5. The number of ether oxygens (including phenoxy) is 1. The highest BCUT2D eigenvalue weighted by Crippen LogP contribution is 2.45. The zero-order chi connectivity index (χ0) is 28.2. The quantitative estimate of drug-likeness (QED) is 0.445. The van der Waals surface area contributed by atoms with Gasteiger partial charge in [-0.1, -0.05) is 24.6 Å². The van der Waals surface area contributed by atoms with E-state index in [4.69, 9.17) is 24.9 Å². The smallest absolute Gasteiger partial charge is 0.434 e. The standard InChI is InChI=1S/C23H25ClFN3O6S/c1-11-5-7-15(25)17(12(11)2)13(3)19(21-26-27-22(29)34-21)28-35(31,32)16-8-6-14(24)18-20(16)33-10-9-23(18,4)30/h5-8,13,19,28,30H,9-10H2,1-4H3,(H,27,29)/i4D3. The number of rotatable bonds is 6. The second kappa shape index (κ2) is 9.05. The molecule has 0 bridgehead atoms. The second-order valence-electron chi connectivity index (χ2n) is 8.45. The maximum atomic E-state index is 15.0. The number of aromatic amines is 1. The Hall–Kier alpha value is -2.73. The van der Waals surface area contributed by atoms with Crippen molar-refractivity contribution >= 4 is 21.6 Å². The summed E-state index contributed by atoms with van der Waals surface area (Å²) in [5.41, 5.74) is -1.36. The minimum atomic E-state index is -4.61. The zero-order valence-electron chi connectivity index (χ0n) is 22.0. The molecule has 0 amide bonds. The van der Waals surface area contributed by atoms with Crippen LogP contribution in [0.3, 0.4) is 0 Å². The Balaban J connectivity index is 1.86. The molecule has 188 valence electrons. The average Bonchev–Trinajstić information content (AvgIpc) is 3.25. The summed E-state index contributed by atoms with van der Waals surface area (Å²) in [5, 5.41) is 16.7. The molecule has 0 saturated carbocycles. The van der Waals surface area contributed by atoms with E-state index in [0.717, 1.165) is 17.7 Å². The van der Waals surface area contributed by atoms with Gasteiger partial charge in [0.05, 0.1) is 17.2 Å². The van der Waals surface area contributed by atoms with E-state index in [0.29, 0.717) is 5.56 Å². The number of H-pyrrole nitrogens is 1. The minimum absolute atomic E-state index is 0.175. The molecule has 0 saturated heterocycles. The first kappa shape index (κ1) is 21.5. The largest absolute Gasteiger partial charge is 0.492 e. The summed E-state index contributed by atoms with van der Waals surface area (Å²) in [7, 11) is -4.61. The maximum Gasteiger partial charge on any atom is 0.434 e. The molecule has 1 aliphatic rings. The van der Waals surface area contributed by atoms with E-state index in [-0.39, 0.29) is 35.1 Å². The summed E-state index contributed by atoms with van der Waals surface area (Å²) in [6.45, 7) is 1.74. The first-order valence-electron chi connectivity index (χ1n) is 12.1. The molecular weight excluding hydrogens is 501 g/mol. The number of sulfonamides is 1. The van der Waals surface area contributed by atoms with Gasteiger partial charge >= 0.3 is 5.76 Å². The van der Waals surface area contributed by atoms with Crippen molar-refractivity contribution in [2.45, 2.75) is 56.5 Å². The number of hydrogen-bond acceptors (Lipinski definition) is 7. The van der Waals surface area contributed by atoms with Crippen LogP contribution in [0.1, 0.15) is 64.4 Å². The van der Waals surface area contributed by atoms with Crippen molar-refractivity contribution in [2.75, 3.05) is 6.61 Å². The van der Waals surface area contributed by atoms with Gasteiger partial charge in [0.2, 0.25) is 15.9 Å². The van der Waals surface area contributed by atoms with Crippen molar-refractivity contribution in [1.82, 2.24) is 14.9 Å². The third-order valence-electron chi connectivity index (χ3n) is 6.17. The lowest BCUT2D eigenvalue weighted by molar-refractivity contribution is 0.0135. The molecule has 3 aromatic rings. The average molecular weight is 529 g/mol. The molecule has 3 unspecified atom stereocenters. The van der Waals surface area contributed by atoms with Crippen LogP contribution in [-0.4, -0.2) is 30.3 Å². The van der Waals surface area contributed by atoms with Crippen LogP contribution in [0.5, 0.6) is 5.75 Å². The van der Waals surface area contributed by atoms with Crippen LogP contribution in [0.2, 0.25) is 5.02 Å². The van der Waals surface area contributed by atoms with E-state index >= 15 is 0 Å². The molecule has 2 aromatic carbocycles. The van der Waals surface area contributed by atoms with E-state index in [9.17, 15) is 22.7 Å². The lowest BCUT2D eigenvalue weighted by Gasteiger charge is -2.33. The fourth-order valence-electron chi connectivity index (χ4n) is 4.21. The minimum Gasteiger partial charge on any atom is -0.492 e. The van der Waals surface area contributed by atoms with Crippen LogP contribution in [0.4, 0.5) is 4.39 Å².